The lowest BCUT2D eigenvalue weighted by Gasteiger charge is -2.13. The summed E-state index contributed by atoms with van der Waals surface area (Å²) in [5.74, 6) is 0.00679. The molecule has 24 heavy (non-hydrogen) atoms. The molecule has 1 saturated carbocycles. The number of rotatable bonds is 3. The first-order valence-electron chi connectivity index (χ1n) is 7.70. The normalized spacial score (nSPS) is 20.6. The van der Waals surface area contributed by atoms with Crippen LogP contribution in [0.25, 0.3) is 22.4 Å². The van der Waals surface area contributed by atoms with Crippen molar-refractivity contribution in [2.24, 2.45) is 0 Å². The summed E-state index contributed by atoms with van der Waals surface area (Å²) in [7, 11) is 0. The molecule has 1 aliphatic rings. The first-order valence-corrected chi connectivity index (χ1v) is 8.08. The lowest BCUT2D eigenvalue weighted by molar-refractivity contribution is 0.182. The van der Waals surface area contributed by atoms with Crippen molar-refractivity contribution in [3.63, 3.8) is 0 Å². The summed E-state index contributed by atoms with van der Waals surface area (Å²) in [6, 6.07) is 1.78. The van der Waals surface area contributed by atoms with Gasteiger partial charge >= 0.3 is 0 Å². The number of H-pyrrole nitrogens is 1. The summed E-state index contributed by atoms with van der Waals surface area (Å²) in [5, 5.41) is 13.9. The fourth-order valence-corrected chi connectivity index (χ4v) is 3.20. The van der Waals surface area contributed by atoms with Gasteiger partial charge in [-0.3, -0.25) is 0 Å². The molecule has 3 N–H and O–H groups in total. The van der Waals surface area contributed by atoms with E-state index in [9.17, 15) is 9.50 Å². The van der Waals surface area contributed by atoms with Gasteiger partial charge in [-0.1, -0.05) is 11.6 Å². The predicted molar refractivity (Wildman–Crippen MR) is 89.4 cm³/mol. The minimum absolute atomic E-state index is 0.0105. The highest BCUT2D eigenvalue weighted by Gasteiger charge is 2.24. The molecular formula is C16H15ClFN5O. The Morgan fingerprint density at radius 3 is 2.96 bits per heavy atom. The van der Waals surface area contributed by atoms with Crippen molar-refractivity contribution in [1.82, 2.24) is 19.9 Å². The van der Waals surface area contributed by atoms with Crippen LogP contribution in [0.3, 0.4) is 0 Å². The van der Waals surface area contributed by atoms with Crippen LogP contribution in [-0.2, 0) is 0 Å². The summed E-state index contributed by atoms with van der Waals surface area (Å²) in [6.07, 6.45) is 6.17. The highest BCUT2D eigenvalue weighted by atomic mass is 35.5. The molecule has 1 aliphatic carbocycles. The van der Waals surface area contributed by atoms with Crippen LogP contribution in [0.2, 0.25) is 5.02 Å². The van der Waals surface area contributed by atoms with Crippen LogP contribution in [0, 0.1) is 5.82 Å². The van der Waals surface area contributed by atoms with Gasteiger partial charge < -0.3 is 15.4 Å². The Morgan fingerprint density at radius 1 is 1.29 bits per heavy atom. The molecular weight excluding hydrogens is 333 g/mol. The van der Waals surface area contributed by atoms with Gasteiger partial charge in [0.15, 0.2) is 17.5 Å². The van der Waals surface area contributed by atoms with Crippen LogP contribution in [0.5, 0.6) is 0 Å². The van der Waals surface area contributed by atoms with E-state index in [0.717, 1.165) is 18.0 Å². The smallest absolute Gasteiger partial charge is 0.183 e. The minimum Gasteiger partial charge on any atom is -0.393 e. The first kappa shape index (κ1) is 15.3. The number of hydrogen-bond donors (Lipinski definition) is 3. The molecule has 0 aliphatic heterocycles. The molecule has 1 fully saturated rings. The summed E-state index contributed by atoms with van der Waals surface area (Å²) in [4.78, 5) is 15.6. The third-order valence-electron chi connectivity index (χ3n) is 4.23. The maximum atomic E-state index is 14.0. The van der Waals surface area contributed by atoms with E-state index in [4.69, 9.17) is 11.6 Å². The van der Waals surface area contributed by atoms with Crippen molar-refractivity contribution < 1.29 is 9.50 Å². The maximum Gasteiger partial charge on any atom is 0.183 e. The summed E-state index contributed by atoms with van der Waals surface area (Å²) in [5.41, 5.74) is 1.37. The van der Waals surface area contributed by atoms with Gasteiger partial charge in [-0.2, -0.15) is 0 Å². The number of fused-ring (bicyclic) bond motifs is 1. The third-order valence-corrected chi connectivity index (χ3v) is 4.44. The van der Waals surface area contributed by atoms with Crippen LogP contribution in [0.1, 0.15) is 19.3 Å². The monoisotopic (exact) mass is 347 g/mol. The second-order valence-electron chi connectivity index (χ2n) is 5.95. The van der Waals surface area contributed by atoms with E-state index in [-0.39, 0.29) is 18.0 Å². The molecule has 3 aromatic heterocycles. The number of halogens is 2. The zero-order valence-corrected chi connectivity index (χ0v) is 13.4. The largest absolute Gasteiger partial charge is 0.393 e. The Morgan fingerprint density at radius 2 is 2.17 bits per heavy atom. The average molecular weight is 348 g/mol. The maximum absolute atomic E-state index is 14.0. The molecule has 0 radical (unpaired) electrons. The Hall–Kier alpha value is -2.25. The van der Waals surface area contributed by atoms with E-state index in [1.54, 1.807) is 18.5 Å². The van der Waals surface area contributed by atoms with Crippen molar-refractivity contribution in [1.29, 1.82) is 0 Å². The van der Waals surface area contributed by atoms with Crippen molar-refractivity contribution in [3.05, 3.63) is 35.5 Å². The second kappa shape index (κ2) is 5.99. The molecule has 4 rings (SSSR count). The SMILES string of the molecule is O[C@@H]1CC[C@H](Nc2nc(-c3c[nH]c4ncc(Cl)cc34)ncc2F)C1. The molecule has 2 atom stereocenters. The Bertz CT molecular complexity index is 899. The summed E-state index contributed by atoms with van der Waals surface area (Å²) in [6.45, 7) is 0. The number of nitrogens with one attached hydrogen (secondary N) is 2. The zero-order valence-electron chi connectivity index (χ0n) is 12.6. The number of nitrogens with zero attached hydrogens (tertiary/aromatic N) is 3. The van der Waals surface area contributed by atoms with E-state index in [0.29, 0.717) is 34.9 Å². The first-order chi connectivity index (χ1) is 11.6. The van der Waals surface area contributed by atoms with E-state index < -0.39 is 5.82 Å². The fourth-order valence-electron chi connectivity index (χ4n) is 3.04. The highest BCUT2D eigenvalue weighted by molar-refractivity contribution is 6.31. The van der Waals surface area contributed by atoms with Crippen LogP contribution in [0.4, 0.5) is 10.2 Å². The molecule has 0 saturated heterocycles. The predicted octanol–water partition coefficient (Wildman–Crippen LogP) is 3.14. The quantitative estimate of drug-likeness (QED) is 0.677. The van der Waals surface area contributed by atoms with Gasteiger partial charge in [0.1, 0.15) is 5.65 Å². The minimum atomic E-state index is -0.517. The molecule has 124 valence electrons. The van der Waals surface area contributed by atoms with Crippen molar-refractivity contribution >= 4 is 28.5 Å². The molecule has 6 nitrogen and oxygen atoms in total. The van der Waals surface area contributed by atoms with E-state index >= 15 is 0 Å². The van der Waals surface area contributed by atoms with Crippen molar-refractivity contribution in [2.45, 2.75) is 31.4 Å². The number of pyridine rings is 1. The molecule has 0 unspecified atom stereocenters. The van der Waals surface area contributed by atoms with Crippen LogP contribution >= 0.6 is 11.6 Å². The van der Waals surface area contributed by atoms with Gasteiger partial charge in [0, 0.05) is 29.4 Å². The topological polar surface area (TPSA) is 86.7 Å². The van der Waals surface area contributed by atoms with E-state index in [1.165, 1.54) is 0 Å². The number of hydrogen-bond acceptors (Lipinski definition) is 5. The summed E-state index contributed by atoms with van der Waals surface area (Å²) >= 11 is 6.01. The standard InChI is InChI=1S/C16H15ClFN5O/c17-8-3-11-12(6-20-14(11)19-5-8)15-21-7-13(18)16(23-15)22-9-1-2-10(24)4-9/h3,5-7,9-10,24H,1-2,4H2,(H,19,20)(H,21,22,23)/t9-,10+/m0/s1. The molecule has 8 heteroatoms. The highest BCUT2D eigenvalue weighted by Crippen LogP contribution is 2.29. The number of aliphatic hydroxyl groups excluding tert-OH is 1. The lowest BCUT2D eigenvalue weighted by Crippen LogP contribution is -2.18. The van der Waals surface area contributed by atoms with Crippen LogP contribution < -0.4 is 5.32 Å². The lowest BCUT2D eigenvalue weighted by atomic mass is 10.2. The van der Waals surface area contributed by atoms with E-state index in [2.05, 4.69) is 25.3 Å². The van der Waals surface area contributed by atoms with Gasteiger partial charge in [0.05, 0.1) is 17.3 Å². The van der Waals surface area contributed by atoms with Gasteiger partial charge in [-0.25, -0.2) is 19.3 Å². The summed E-state index contributed by atoms with van der Waals surface area (Å²) < 4.78 is 14.0. The van der Waals surface area contributed by atoms with Crippen molar-refractivity contribution in [2.75, 3.05) is 5.32 Å². The molecule has 0 spiro atoms. The van der Waals surface area contributed by atoms with Crippen LogP contribution in [0.15, 0.2) is 24.7 Å². The molecule has 0 aromatic carbocycles. The van der Waals surface area contributed by atoms with Gasteiger partial charge in [-0.05, 0) is 25.3 Å². The third kappa shape index (κ3) is 2.81. The zero-order chi connectivity index (χ0) is 16.7. The number of aliphatic hydroxyl groups is 1. The Kier molecular flexibility index (Phi) is 3.82. The molecule has 3 heterocycles. The average Bonchev–Trinajstić information content (AvgIpc) is 3.15. The van der Waals surface area contributed by atoms with Gasteiger partial charge in [0.2, 0.25) is 0 Å². The molecule has 0 amide bonds. The van der Waals surface area contributed by atoms with Gasteiger partial charge in [-0.15, -0.1) is 0 Å². The fraction of sp³-hybridized carbons (Fsp3) is 0.312. The number of anilines is 1. The van der Waals surface area contributed by atoms with E-state index in [1.807, 2.05) is 0 Å². The second-order valence-corrected chi connectivity index (χ2v) is 6.39. The Balaban J connectivity index is 1.70. The Labute approximate surface area is 142 Å². The van der Waals surface area contributed by atoms with Crippen molar-refractivity contribution in [3.8, 4) is 11.4 Å². The molecule has 0 bridgehead atoms. The number of aromatic nitrogens is 4. The van der Waals surface area contributed by atoms with Gasteiger partial charge in [0.25, 0.3) is 0 Å². The molecule has 3 aromatic rings. The van der Waals surface area contributed by atoms with Crippen LogP contribution in [-0.4, -0.2) is 37.2 Å². The number of aromatic amines is 1.